The molecule has 2 aromatic carbocycles. The molecule has 29 heavy (non-hydrogen) atoms. The lowest BCUT2D eigenvalue weighted by Gasteiger charge is -2.23. The molecule has 1 atom stereocenters. The third-order valence-corrected chi connectivity index (χ3v) is 6.23. The summed E-state index contributed by atoms with van der Waals surface area (Å²) in [4.78, 5) is 12.6. The van der Waals surface area contributed by atoms with Crippen LogP contribution in [0.3, 0.4) is 0 Å². The van der Waals surface area contributed by atoms with Gasteiger partial charge in [-0.2, -0.15) is 4.31 Å². The van der Waals surface area contributed by atoms with Crippen LogP contribution in [0.5, 0.6) is 5.75 Å². The van der Waals surface area contributed by atoms with Crippen LogP contribution in [-0.2, 0) is 21.4 Å². The number of ether oxygens (including phenoxy) is 1. The Balaban J connectivity index is 2.25. The Bertz CT molecular complexity index is 867. The number of hydrogen-bond acceptors (Lipinski definition) is 4. The first-order valence-electron chi connectivity index (χ1n) is 9.93. The fraction of sp³-hybridized carbons (Fsp3) is 0.409. The number of hydrogen-bond donors (Lipinski definition) is 1. The van der Waals surface area contributed by atoms with Crippen molar-refractivity contribution < 1.29 is 17.9 Å². The molecule has 1 N–H and O–H groups in total. The highest BCUT2D eigenvalue weighted by atomic mass is 32.2. The van der Waals surface area contributed by atoms with Gasteiger partial charge in [0, 0.05) is 12.6 Å². The molecule has 0 aromatic heterocycles. The van der Waals surface area contributed by atoms with E-state index in [2.05, 4.69) is 5.32 Å². The molecule has 0 aliphatic carbocycles. The van der Waals surface area contributed by atoms with Crippen LogP contribution in [0.15, 0.2) is 59.5 Å². The standard InChI is InChI=1S/C22H30N2O4S/c1-4-9-18(3)23-22(25)17-24(16-19-10-7-6-8-11-19)29(26,27)21-14-12-20(13-15-21)28-5-2/h6-8,10-15,18H,4-5,9,16-17H2,1-3H3,(H,23,25)/t18-/m0/s1. The van der Waals surface area contributed by atoms with E-state index >= 15 is 0 Å². The van der Waals surface area contributed by atoms with Crippen LogP contribution in [0.1, 0.15) is 39.2 Å². The highest BCUT2D eigenvalue weighted by Crippen LogP contribution is 2.21. The van der Waals surface area contributed by atoms with Crippen molar-refractivity contribution >= 4 is 15.9 Å². The molecule has 0 fully saturated rings. The van der Waals surface area contributed by atoms with Gasteiger partial charge in [-0.1, -0.05) is 43.7 Å². The lowest BCUT2D eigenvalue weighted by molar-refractivity contribution is -0.122. The molecular weight excluding hydrogens is 388 g/mol. The zero-order chi connectivity index (χ0) is 21.3. The van der Waals surface area contributed by atoms with E-state index in [4.69, 9.17) is 4.74 Å². The van der Waals surface area contributed by atoms with Gasteiger partial charge in [0.25, 0.3) is 0 Å². The first kappa shape index (κ1) is 22.9. The summed E-state index contributed by atoms with van der Waals surface area (Å²) in [6.45, 7) is 6.21. The molecule has 0 spiro atoms. The fourth-order valence-corrected chi connectivity index (χ4v) is 4.41. The predicted molar refractivity (Wildman–Crippen MR) is 114 cm³/mol. The Labute approximate surface area is 173 Å². The van der Waals surface area contributed by atoms with Crippen molar-refractivity contribution in [2.45, 2.75) is 51.1 Å². The number of nitrogens with zero attached hydrogens (tertiary/aromatic N) is 1. The maximum atomic E-state index is 13.3. The van der Waals surface area contributed by atoms with Crippen LogP contribution in [0.4, 0.5) is 0 Å². The van der Waals surface area contributed by atoms with Crippen LogP contribution in [0.2, 0.25) is 0 Å². The number of rotatable bonds is 11. The van der Waals surface area contributed by atoms with Crippen LogP contribution in [0, 0.1) is 0 Å². The zero-order valence-corrected chi connectivity index (χ0v) is 18.1. The third kappa shape index (κ3) is 6.87. The van der Waals surface area contributed by atoms with E-state index in [1.165, 1.54) is 16.4 Å². The fourth-order valence-electron chi connectivity index (χ4n) is 3.02. The molecule has 6 nitrogen and oxygen atoms in total. The minimum Gasteiger partial charge on any atom is -0.494 e. The second-order valence-corrected chi connectivity index (χ2v) is 8.86. The smallest absolute Gasteiger partial charge is 0.243 e. The Kier molecular flexibility index (Phi) is 8.67. The minimum absolute atomic E-state index is 0.000689. The summed E-state index contributed by atoms with van der Waals surface area (Å²) in [6, 6.07) is 15.5. The number of amides is 1. The molecule has 0 heterocycles. The van der Waals surface area contributed by atoms with Crippen LogP contribution in [-0.4, -0.2) is 37.8 Å². The van der Waals surface area contributed by atoms with Gasteiger partial charge < -0.3 is 10.1 Å². The topological polar surface area (TPSA) is 75.7 Å². The summed E-state index contributed by atoms with van der Waals surface area (Å²) in [5.41, 5.74) is 0.816. The number of carbonyl (C=O) groups is 1. The van der Waals surface area contributed by atoms with Crippen molar-refractivity contribution in [1.82, 2.24) is 9.62 Å². The third-order valence-electron chi connectivity index (χ3n) is 4.42. The van der Waals surface area contributed by atoms with E-state index in [0.717, 1.165) is 18.4 Å². The summed E-state index contributed by atoms with van der Waals surface area (Å²) < 4.78 is 33.1. The number of nitrogens with one attached hydrogen (secondary N) is 1. The van der Waals surface area contributed by atoms with Gasteiger partial charge in [0.15, 0.2) is 0 Å². The zero-order valence-electron chi connectivity index (χ0n) is 17.3. The molecule has 0 unspecified atom stereocenters. The Morgan fingerprint density at radius 2 is 1.72 bits per heavy atom. The predicted octanol–water partition coefficient (Wildman–Crippen LogP) is 3.58. The maximum Gasteiger partial charge on any atom is 0.243 e. The van der Waals surface area contributed by atoms with Gasteiger partial charge >= 0.3 is 0 Å². The summed E-state index contributed by atoms with van der Waals surface area (Å²) in [6.07, 6.45) is 1.79. The molecule has 0 radical (unpaired) electrons. The van der Waals surface area contributed by atoms with Crippen LogP contribution >= 0.6 is 0 Å². The Morgan fingerprint density at radius 1 is 1.07 bits per heavy atom. The van der Waals surface area contributed by atoms with Crippen molar-refractivity contribution in [3.8, 4) is 5.75 Å². The Hall–Kier alpha value is -2.38. The summed E-state index contributed by atoms with van der Waals surface area (Å²) >= 11 is 0. The number of benzene rings is 2. The second-order valence-electron chi connectivity index (χ2n) is 6.92. The molecule has 0 aliphatic heterocycles. The maximum absolute atomic E-state index is 13.3. The van der Waals surface area contributed by atoms with E-state index in [1.807, 2.05) is 51.1 Å². The molecule has 0 bridgehead atoms. The molecule has 158 valence electrons. The van der Waals surface area contributed by atoms with Gasteiger partial charge in [-0.25, -0.2) is 8.42 Å². The summed E-state index contributed by atoms with van der Waals surface area (Å²) in [5.74, 6) is 0.295. The monoisotopic (exact) mass is 418 g/mol. The van der Waals surface area contributed by atoms with Gasteiger partial charge in [0.2, 0.25) is 15.9 Å². The average Bonchev–Trinajstić information content (AvgIpc) is 2.69. The highest BCUT2D eigenvalue weighted by Gasteiger charge is 2.27. The van der Waals surface area contributed by atoms with Crippen molar-refractivity contribution in [1.29, 1.82) is 0 Å². The average molecular weight is 419 g/mol. The minimum atomic E-state index is -3.86. The summed E-state index contributed by atoms with van der Waals surface area (Å²) in [5, 5.41) is 2.88. The van der Waals surface area contributed by atoms with Crippen molar-refractivity contribution in [3.63, 3.8) is 0 Å². The molecule has 2 aromatic rings. The number of carbonyl (C=O) groups excluding carboxylic acids is 1. The van der Waals surface area contributed by atoms with E-state index in [-0.39, 0.29) is 29.9 Å². The van der Waals surface area contributed by atoms with Gasteiger partial charge in [-0.15, -0.1) is 0 Å². The van der Waals surface area contributed by atoms with Crippen LogP contribution in [0.25, 0.3) is 0 Å². The molecule has 0 saturated heterocycles. The van der Waals surface area contributed by atoms with E-state index < -0.39 is 10.0 Å². The van der Waals surface area contributed by atoms with Gasteiger partial charge in [0.05, 0.1) is 18.0 Å². The van der Waals surface area contributed by atoms with E-state index in [0.29, 0.717) is 12.4 Å². The lowest BCUT2D eigenvalue weighted by atomic mass is 10.2. The van der Waals surface area contributed by atoms with E-state index in [9.17, 15) is 13.2 Å². The SMILES string of the molecule is CCC[C@H](C)NC(=O)CN(Cc1ccccc1)S(=O)(=O)c1ccc(OCC)cc1. The van der Waals surface area contributed by atoms with E-state index in [1.54, 1.807) is 12.1 Å². The van der Waals surface area contributed by atoms with Gasteiger partial charge in [-0.3, -0.25) is 4.79 Å². The van der Waals surface area contributed by atoms with Crippen molar-refractivity contribution in [2.24, 2.45) is 0 Å². The normalized spacial score (nSPS) is 12.6. The Morgan fingerprint density at radius 3 is 2.31 bits per heavy atom. The van der Waals surface area contributed by atoms with Crippen molar-refractivity contribution in [3.05, 3.63) is 60.2 Å². The number of sulfonamides is 1. The molecule has 1 amide bonds. The van der Waals surface area contributed by atoms with Gasteiger partial charge in [0.1, 0.15) is 5.75 Å². The van der Waals surface area contributed by atoms with Gasteiger partial charge in [-0.05, 0) is 50.1 Å². The highest BCUT2D eigenvalue weighted by molar-refractivity contribution is 7.89. The molecule has 0 aliphatic rings. The second kappa shape index (κ2) is 11.0. The summed E-state index contributed by atoms with van der Waals surface area (Å²) in [7, 11) is -3.86. The quantitative estimate of drug-likeness (QED) is 0.605. The first-order valence-corrected chi connectivity index (χ1v) is 11.4. The molecule has 7 heteroatoms. The molecule has 0 saturated carbocycles. The lowest BCUT2D eigenvalue weighted by Crippen LogP contribution is -2.43. The molecular formula is C22H30N2O4S. The largest absolute Gasteiger partial charge is 0.494 e. The first-order chi connectivity index (χ1) is 13.9. The van der Waals surface area contributed by atoms with Crippen LogP contribution < -0.4 is 10.1 Å². The molecule has 2 rings (SSSR count). The van der Waals surface area contributed by atoms with Crippen molar-refractivity contribution in [2.75, 3.05) is 13.2 Å².